The van der Waals surface area contributed by atoms with E-state index in [1.54, 1.807) is 0 Å². The number of fused-ring (bicyclic) bond motifs is 1. The Kier molecular flexibility index (Phi) is 2.31. The van der Waals surface area contributed by atoms with Gasteiger partial charge in [-0.25, -0.2) is 0 Å². The van der Waals surface area contributed by atoms with Crippen LogP contribution in [0.3, 0.4) is 0 Å². The Morgan fingerprint density at radius 3 is 3.00 bits per heavy atom. The smallest absolute Gasteiger partial charge is 0.107 e. The number of hydrogen-bond acceptors (Lipinski definition) is 1. The number of benzene rings is 1. The molecule has 0 atom stereocenters. The van der Waals surface area contributed by atoms with Crippen LogP contribution in [0.1, 0.15) is 0 Å². The molecule has 0 saturated carbocycles. The predicted molar refractivity (Wildman–Crippen MR) is 61.5 cm³/mol. The van der Waals surface area contributed by atoms with Gasteiger partial charge in [-0.1, -0.05) is 11.6 Å². The molecule has 0 aliphatic rings. The number of rotatable bonds is 0. The van der Waals surface area contributed by atoms with Crippen molar-refractivity contribution >= 4 is 61.0 Å². The van der Waals surface area contributed by atoms with Crippen LogP contribution in [-0.4, -0.2) is 10.2 Å². The molecule has 0 radical (unpaired) electrons. The summed E-state index contributed by atoms with van der Waals surface area (Å²) in [4.78, 5) is 0. The van der Waals surface area contributed by atoms with Gasteiger partial charge >= 0.3 is 0 Å². The van der Waals surface area contributed by atoms with Gasteiger partial charge in [0.1, 0.15) is 9.22 Å². The van der Waals surface area contributed by atoms with E-state index in [1.807, 2.05) is 12.1 Å². The number of aromatic amines is 1. The molecule has 0 aliphatic carbocycles. The van der Waals surface area contributed by atoms with Crippen molar-refractivity contribution in [3.63, 3.8) is 0 Å². The molecule has 0 saturated heterocycles. The zero-order chi connectivity index (χ0) is 8.72. The summed E-state index contributed by atoms with van der Waals surface area (Å²) >= 11 is 11.5. The zero-order valence-corrected chi connectivity index (χ0v) is 10.2. The first-order valence-corrected chi connectivity index (χ1v) is 5.42. The van der Waals surface area contributed by atoms with Crippen molar-refractivity contribution in [2.75, 3.05) is 0 Å². The first-order valence-electron chi connectivity index (χ1n) is 3.17. The third-order valence-corrected chi connectivity index (χ3v) is 3.18. The number of nitrogens with zero attached hydrogens (tertiary/aromatic N) is 1. The largest absolute Gasteiger partial charge is 0.271 e. The summed E-state index contributed by atoms with van der Waals surface area (Å²) in [6, 6.07) is 3.73. The maximum absolute atomic E-state index is 5.88. The van der Waals surface area contributed by atoms with E-state index in [1.165, 1.54) is 0 Å². The van der Waals surface area contributed by atoms with Crippen LogP contribution in [0.4, 0.5) is 0 Å². The molecule has 1 aromatic carbocycles. The fourth-order valence-electron chi connectivity index (χ4n) is 1.01. The van der Waals surface area contributed by atoms with E-state index in [4.69, 9.17) is 11.6 Å². The van der Waals surface area contributed by atoms with E-state index in [2.05, 4.69) is 48.7 Å². The highest BCUT2D eigenvalue weighted by Crippen LogP contribution is 2.28. The molecular weight excluding hydrogens is 354 g/mol. The summed E-state index contributed by atoms with van der Waals surface area (Å²) in [7, 11) is 0. The Bertz CT molecular complexity index is 440. The highest BCUT2D eigenvalue weighted by Gasteiger charge is 2.06. The Morgan fingerprint density at radius 2 is 2.25 bits per heavy atom. The Morgan fingerprint density at radius 1 is 1.50 bits per heavy atom. The van der Waals surface area contributed by atoms with Crippen molar-refractivity contribution in [2.45, 2.75) is 0 Å². The zero-order valence-electron chi connectivity index (χ0n) is 5.74. The van der Waals surface area contributed by atoms with Gasteiger partial charge in [-0.3, -0.25) is 5.10 Å². The van der Waals surface area contributed by atoms with E-state index >= 15 is 0 Å². The van der Waals surface area contributed by atoms with Crippen LogP contribution >= 0.6 is 50.1 Å². The van der Waals surface area contributed by atoms with Gasteiger partial charge in [0.2, 0.25) is 0 Å². The molecule has 1 aromatic heterocycles. The molecule has 2 nitrogen and oxygen atoms in total. The lowest BCUT2D eigenvalue weighted by Gasteiger charge is -1.93. The Balaban J connectivity index is 2.92. The lowest BCUT2D eigenvalue weighted by molar-refractivity contribution is 1.09. The topological polar surface area (TPSA) is 28.7 Å². The quantitative estimate of drug-likeness (QED) is 0.718. The summed E-state index contributed by atoms with van der Waals surface area (Å²) < 4.78 is 1.93. The first-order chi connectivity index (χ1) is 5.68. The molecule has 2 rings (SSSR count). The van der Waals surface area contributed by atoms with Crippen LogP contribution in [0.25, 0.3) is 10.9 Å². The molecule has 0 amide bonds. The van der Waals surface area contributed by atoms with Crippen molar-refractivity contribution in [1.82, 2.24) is 10.2 Å². The fourth-order valence-corrected chi connectivity index (χ4v) is 2.44. The second kappa shape index (κ2) is 3.16. The molecule has 62 valence electrons. The number of halogens is 3. The minimum atomic E-state index is 0.716. The van der Waals surface area contributed by atoms with Gasteiger partial charge < -0.3 is 0 Å². The van der Waals surface area contributed by atoms with Crippen LogP contribution in [0.15, 0.2) is 16.6 Å². The Labute approximate surface area is 95.9 Å². The molecular formula is C7H3BrClIN2. The highest BCUT2D eigenvalue weighted by atomic mass is 127. The van der Waals surface area contributed by atoms with Gasteiger partial charge in [-0.2, -0.15) is 5.10 Å². The van der Waals surface area contributed by atoms with Gasteiger partial charge in [0.15, 0.2) is 0 Å². The van der Waals surface area contributed by atoms with Gasteiger partial charge in [-0.05, 0) is 50.7 Å². The van der Waals surface area contributed by atoms with Crippen LogP contribution < -0.4 is 0 Å². The maximum atomic E-state index is 5.88. The molecule has 2 aromatic rings. The third kappa shape index (κ3) is 1.36. The molecule has 0 fully saturated rings. The van der Waals surface area contributed by atoms with Crippen molar-refractivity contribution < 1.29 is 0 Å². The number of nitrogens with one attached hydrogen (secondary N) is 1. The van der Waals surface area contributed by atoms with Gasteiger partial charge in [0.05, 0.1) is 0 Å². The monoisotopic (exact) mass is 356 g/mol. The van der Waals surface area contributed by atoms with Crippen LogP contribution in [-0.2, 0) is 0 Å². The normalized spacial score (nSPS) is 10.9. The SMILES string of the molecule is Clc1cc(Br)c2n[nH]c(I)c2c1. The molecule has 0 spiro atoms. The third-order valence-electron chi connectivity index (χ3n) is 1.53. The van der Waals surface area contributed by atoms with Crippen molar-refractivity contribution in [1.29, 1.82) is 0 Å². The van der Waals surface area contributed by atoms with E-state index in [0.717, 1.165) is 19.1 Å². The van der Waals surface area contributed by atoms with Gasteiger partial charge in [0.25, 0.3) is 0 Å². The molecule has 12 heavy (non-hydrogen) atoms. The summed E-state index contributed by atoms with van der Waals surface area (Å²) in [6.45, 7) is 0. The summed E-state index contributed by atoms with van der Waals surface area (Å²) in [5.41, 5.74) is 0.920. The van der Waals surface area contributed by atoms with Gasteiger partial charge in [-0.15, -0.1) is 0 Å². The molecule has 0 bridgehead atoms. The first kappa shape index (κ1) is 8.77. The standard InChI is InChI=1S/C7H3BrClIN2/c8-5-2-3(9)1-4-6(5)11-12-7(4)10/h1-2H,(H,11,12). The second-order valence-corrected chi connectivity index (χ2v) is 4.69. The predicted octanol–water partition coefficient (Wildman–Crippen LogP) is 3.58. The lowest BCUT2D eigenvalue weighted by Crippen LogP contribution is -1.72. The fraction of sp³-hybridized carbons (Fsp3) is 0. The minimum Gasteiger partial charge on any atom is -0.271 e. The number of H-pyrrole nitrogens is 1. The maximum Gasteiger partial charge on any atom is 0.107 e. The van der Waals surface area contributed by atoms with Crippen molar-refractivity contribution in [3.8, 4) is 0 Å². The second-order valence-electron chi connectivity index (χ2n) is 2.32. The average molecular weight is 357 g/mol. The minimum absolute atomic E-state index is 0.716. The summed E-state index contributed by atoms with van der Waals surface area (Å²) in [6.07, 6.45) is 0. The molecule has 5 heteroatoms. The Hall–Kier alpha value is 0.190. The van der Waals surface area contributed by atoms with E-state index < -0.39 is 0 Å². The van der Waals surface area contributed by atoms with Crippen LogP contribution in [0, 0.1) is 3.70 Å². The summed E-state index contributed by atoms with van der Waals surface area (Å²) in [5, 5.41) is 8.78. The van der Waals surface area contributed by atoms with E-state index in [9.17, 15) is 0 Å². The van der Waals surface area contributed by atoms with Crippen molar-refractivity contribution in [2.24, 2.45) is 0 Å². The molecule has 0 aliphatic heterocycles. The lowest BCUT2D eigenvalue weighted by atomic mass is 10.3. The number of aromatic nitrogens is 2. The van der Waals surface area contributed by atoms with E-state index in [-0.39, 0.29) is 0 Å². The van der Waals surface area contributed by atoms with Gasteiger partial charge in [0, 0.05) is 14.9 Å². The van der Waals surface area contributed by atoms with Crippen LogP contribution in [0.5, 0.6) is 0 Å². The molecule has 1 N–H and O–H groups in total. The number of hydrogen-bond donors (Lipinski definition) is 1. The molecule has 0 unspecified atom stereocenters. The molecule has 1 heterocycles. The highest BCUT2D eigenvalue weighted by molar-refractivity contribution is 14.1. The van der Waals surface area contributed by atoms with Crippen molar-refractivity contribution in [3.05, 3.63) is 25.3 Å². The van der Waals surface area contributed by atoms with E-state index in [0.29, 0.717) is 5.02 Å². The average Bonchev–Trinajstić information content (AvgIpc) is 2.33. The van der Waals surface area contributed by atoms with Crippen LogP contribution in [0.2, 0.25) is 5.02 Å². The summed E-state index contributed by atoms with van der Waals surface area (Å²) in [5.74, 6) is 0.